The average molecular weight is 523 g/mol. The summed E-state index contributed by atoms with van der Waals surface area (Å²) in [6.45, 7) is 3.04. The van der Waals surface area contributed by atoms with Gasteiger partial charge in [0, 0.05) is 18.7 Å². The number of amides is 1. The van der Waals surface area contributed by atoms with Gasteiger partial charge in [-0.3, -0.25) is 4.79 Å². The first-order valence-electron chi connectivity index (χ1n) is 11.8. The van der Waals surface area contributed by atoms with Gasteiger partial charge in [0.2, 0.25) is 15.2 Å². The molecule has 3 heterocycles. The molecule has 186 valence electrons. The van der Waals surface area contributed by atoms with E-state index >= 15 is 0 Å². The second kappa shape index (κ2) is 10.3. The van der Waals surface area contributed by atoms with Gasteiger partial charge >= 0.3 is 0 Å². The third kappa shape index (κ3) is 5.11. The molecule has 0 aliphatic carbocycles. The number of fused-ring (bicyclic) bond motifs is 1. The van der Waals surface area contributed by atoms with Crippen LogP contribution >= 0.6 is 11.3 Å². The maximum Gasteiger partial charge on any atom is 0.280 e. The molecule has 2 aromatic carbocycles. The quantitative estimate of drug-likeness (QED) is 0.248. The van der Waals surface area contributed by atoms with Crippen molar-refractivity contribution in [1.82, 2.24) is 9.29 Å². The Morgan fingerprint density at radius 1 is 1.08 bits per heavy atom. The first kappa shape index (κ1) is 24.4. The zero-order valence-corrected chi connectivity index (χ0v) is 21.5. The van der Waals surface area contributed by atoms with E-state index in [1.54, 1.807) is 16.4 Å². The molecule has 1 aliphatic heterocycles. The number of hydrogen-bond acceptors (Lipinski definition) is 7. The van der Waals surface area contributed by atoms with E-state index in [0.29, 0.717) is 29.5 Å². The van der Waals surface area contributed by atoms with E-state index in [1.807, 2.05) is 25.1 Å². The van der Waals surface area contributed by atoms with E-state index in [0.717, 1.165) is 41.5 Å². The summed E-state index contributed by atoms with van der Waals surface area (Å²) >= 11 is 1.35. The van der Waals surface area contributed by atoms with Crippen molar-refractivity contribution in [1.29, 1.82) is 0 Å². The summed E-state index contributed by atoms with van der Waals surface area (Å²) < 4.78 is 34.1. The number of carbonyl (C=O) groups excluding carboxylic acids is 1. The summed E-state index contributed by atoms with van der Waals surface area (Å²) in [5.41, 5.74) is 2.17. The molecule has 0 spiro atoms. The number of sulfonamides is 1. The lowest BCUT2D eigenvalue weighted by Crippen LogP contribution is -2.32. The van der Waals surface area contributed by atoms with Crippen LogP contribution in [0.1, 0.15) is 47.4 Å². The topological polar surface area (TPSA) is 96.1 Å². The fourth-order valence-corrected chi connectivity index (χ4v) is 6.64. The highest BCUT2D eigenvalue weighted by Gasteiger charge is 2.26. The smallest absolute Gasteiger partial charge is 0.280 e. The average Bonchev–Trinajstić information content (AvgIpc) is 3.46. The van der Waals surface area contributed by atoms with Gasteiger partial charge in [0.05, 0.1) is 27.6 Å². The van der Waals surface area contributed by atoms with Crippen LogP contribution in [-0.2, 0) is 10.0 Å². The lowest BCUT2D eigenvalue weighted by atomic mass is 10.2. The Balaban J connectivity index is 1.45. The third-order valence-electron chi connectivity index (χ3n) is 6.05. The van der Waals surface area contributed by atoms with Crippen molar-refractivity contribution < 1.29 is 17.6 Å². The molecule has 0 saturated carbocycles. The highest BCUT2D eigenvalue weighted by atomic mass is 32.2. The van der Waals surface area contributed by atoms with Crippen molar-refractivity contribution in [2.24, 2.45) is 5.10 Å². The van der Waals surface area contributed by atoms with Gasteiger partial charge in [0.1, 0.15) is 5.76 Å². The van der Waals surface area contributed by atoms with Gasteiger partial charge in [0.15, 0.2) is 0 Å². The molecule has 4 aromatic rings. The first-order chi connectivity index (χ1) is 17.4. The van der Waals surface area contributed by atoms with Crippen LogP contribution < -0.4 is 5.01 Å². The number of anilines is 1. The molecule has 5 rings (SSSR count). The number of carbonyl (C=O) groups is 1. The molecule has 0 bridgehead atoms. The predicted octanol–water partition coefficient (Wildman–Crippen LogP) is 5.44. The monoisotopic (exact) mass is 522 g/mol. The Labute approximate surface area is 213 Å². The molecule has 1 amide bonds. The Hall–Kier alpha value is -3.34. The number of furan rings is 1. The molecule has 1 aliphatic rings. The first-order valence-corrected chi connectivity index (χ1v) is 14.1. The summed E-state index contributed by atoms with van der Waals surface area (Å²) in [6, 6.07) is 15.4. The molecule has 1 saturated heterocycles. The zero-order chi connectivity index (χ0) is 25.1. The van der Waals surface area contributed by atoms with Crippen molar-refractivity contribution in [3.63, 3.8) is 0 Å². The number of aromatic nitrogens is 1. The van der Waals surface area contributed by atoms with Crippen molar-refractivity contribution in [3.05, 3.63) is 77.7 Å². The molecule has 8 nitrogen and oxygen atoms in total. The largest absolute Gasteiger partial charge is 0.463 e. The summed E-state index contributed by atoms with van der Waals surface area (Å²) in [5.74, 6) is 0.0657. The molecular weight excluding hydrogens is 496 g/mol. The second-order valence-electron chi connectivity index (χ2n) is 8.69. The van der Waals surface area contributed by atoms with Crippen molar-refractivity contribution in [3.8, 4) is 0 Å². The molecule has 2 aromatic heterocycles. The lowest BCUT2D eigenvalue weighted by molar-refractivity contribution is 0.0987. The van der Waals surface area contributed by atoms with Crippen LogP contribution in [0, 0.1) is 6.92 Å². The van der Waals surface area contributed by atoms with Gasteiger partial charge < -0.3 is 4.42 Å². The van der Waals surface area contributed by atoms with Crippen LogP contribution in [0.5, 0.6) is 0 Å². The fraction of sp³-hybridized carbons (Fsp3) is 0.269. The van der Waals surface area contributed by atoms with E-state index in [-0.39, 0.29) is 4.90 Å². The maximum atomic E-state index is 13.5. The van der Waals surface area contributed by atoms with Gasteiger partial charge in [-0.2, -0.15) is 14.4 Å². The Morgan fingerprint density at radius 3 is 2.53 bits per heavy atom. The second-order valence-corrected chi connectivity index (χ2v) is 11.6. The normalized spacial score (nSPS) is 15.4. The molecule has 0 atom stereocenters. The van der Waals surface area contributed by atoms with Crippen molar-refractivity contribution >= 4 is 48.8 Å². The fourth-order valence-electron chi connectivity index (χ4n) is 4.10. The zero-order valence-electron chi connectivity index (χ0n) is 19.8. The van der Waals surface area contributed by atoms with Gasteiger partial charge in [-0.25, -0.2) is 13.4 Å². The minimum atomic E-state index is -3.61. The molecule has 1 fully saturated rings. The van der Waals surface area contributed by atoms with Crippen LogP contribution in [0.4, 0.5) is 5.13 Å². The third-order valence-corrected chi connectivity index (χ3v) is 8.96. The van der Waals surface area contributed by atoms with Crippen LogP contribution in [0.25, 0.3) is 10.2 Å². The SMILES string of the molecule is Cc1ccc2nc(N(/N=C/c3ccco3)C(=O)c3ccc(S(=O)(=O)N4CCCCCC4)cc3)sc2c1. The number of aryl methyl sites for hydroxylation is 1. The minimum absolute atomic E-state index is 0.182. The molecular formula is C26H26N4O4S2. The van der Waals surface area contributed by atoms with E-state index in [2.05, 4.69) is 10.1 Å². The van der Waals surface area contributed by atoms with Crippen LogP contribution in [0.15, 0.2) is 75.3 Å². The number of hydrogen-bond donors (Lipinski definition) is 0. The van der Waals surface area contributed by atoms with Crippen LogP contribution in [-0.4, -0.2) is 42.9 Å². The molecule has 0 unspecified atom stereocenters. The van der Waals surface area contributed by atoms with Gasteiger partial charge in [0.25, 0.3) is 5.91 Å². The molecule has 10 heteroatoms. The highest BCUT2D eigenvalue weighted by Crippen LogP contribution is 2.31. The van der Waals surface area contributed by atoms with Gasteiger partial charge in [-0.1, -0.05) is 30.2 Å². The van der Waals surface area contributed by atoms with E-state index in [1.165, 1.54) is 53.1 Å². The molecule has 0 N–H and O–H groups in total. The lowest BCUT2D eigenvalue weighted by Gasteiger charge is -2.20. The summed E-state index contributed by atoms with van der Waals surface area (Å²) in [6.07, 6.45) is 6.78. The standard InChI is InChI=1S/C26H26N4O4S2/c1-19-8-13-23-24(17-19)35-26(28-23)30(27-18-21-7-6-16-34-21)25(31)20-9-11-22(12-10-20)36(32,33)29-14-4-2-3-5-15-29/h6-13,16-18H,2-5,14-15H2,1H3/b27-18+. The number of hydrazone groups is 1. The molecule has 0 radical (unpaired) electrons. The highest BCUT2D eigenvalue weighted by molar-refractivity contribution is 7.89. The van der Waals surface area contributed by atoms with Crippen molar-refractivity contribution in [2.45, 2.75) is 37.5 Å². The summed E-state index contributed by atoms with van der Waals surface area (Å²) in [5, 5.41) is 6.00. The number of thiazole rings is 1. The van der Waals surface area contributed by atoms with E-state index in [4.69, 9.17) is 4.42 Å². The Morgan fingerprint density at radius 2 is 1.83 bits per heavy atom. The van der Waals surface area contributed by atoms with Gasteiger partial charge in [-0.05, 0) is 73.9 Å². The predicted molar refractivity (Wildman–Crippen MR) is 141 cm³/mol. The molecule has 36 heavy (non-hydrogen) atoms. The number of rotatable bonds is 6. The minimum Gasteiger partial charge on any atom is -0.463 e. The Bertz CT molecular complexity index is 1480. The van der Waals surface area contributed by atoms with Crippen LogP contribution in [0.2, 0.25) is 0 Å². The Kier molecular flexibility index (Phi) is 6.99. The summed E-state index contributed by atoms with van der Waals surface area (Å²) in [7, 11) is -3.61. The van der Waals surface area contributed by atoms with Gasteiger partial charge in [-0.15, -0.1) is 0 Å². The maximum absolute atomic E-state index is 13.5. The van der Waals surface area contributed by atoms with E-state index in [9.17, 15) is 13.2 Å². The summed E-state index contributed by atoms with van der Waals surface area (Å²) in [4.78, 5) is 18.3. The van der Waals surface area contributed by atoms with E-state index < -0.39 is 15.9 Å². The number of nitrogens with zero attached hydrogens (tertiary/aromatic N) is 4. The van der Waals surface area contributed by atoms with Crippen LogP contribution in [0.3, 0.4) is 0 Å². The number of benzene rings is 2. The van der Waals surface area contributed by atoms with Crippen molar-refractivity contribution in [2.75, 3.05) is 18.1 Å².